The summed E-state index contributed by atoms with van der Waals surface area (Å²) >= 11 is 0. The molecule has 0 aliphatic carbocycles. The number of ether oxygens (including phenoxy) is 2. The lowest BCUT2D eigenvalue weighted by Crippen LogP contribution is -2.40. The van der Waals surface area contributed by atoms with Crippen LogP contribution in [0.4, 0.5) is 4.39 Å². The van der Waals surface area contributed by atoms with Crippen molar-refractivity contribution in [3.63, 3.8) is 0 Å². The van der Waals surface area contributed by atoms with Crippen molar-refractivity contribution in [1.82, 2.24) is 10.6 Å². The molecule has 0 heterocycles. The summed E-state index contributed by atoms with van der Waals surface area (Å²) < 4.78 is 24.1. The SMILES string of the molecule is CCNC(=NCC(C)(C)c1cccc(F)c1)NCC(O)c1ccc(OC)c(OC)c1.I. The average molecular weight is 545 g/mol. The van der Waals surface area contributed by atoms with Crippen molar-refractivity contribution in [2.75, 3.05) is 33.9 Å². The number of benzene rings is 2. The van der Waals surface area contributed by atoms with Gasteiger partial charge in [0.15, 0.2) is 17.5 Å². The Bertz CT molecular complexity index is 862. The summed E-state index contributed by atoms with van der Waals surface area (Å²) in [5, 5.41) is 16.9. The summed E-state index contributed by atoms with van der Waals surface area (Å²) in [4.78, 5) is 4.63. The minimum absolute atomic E-state index is 0. The molecule has 0 amide bonds. The zero-order chi connectivity index (χ0) is 22.1. The standard InChI is InChI=1S/C23H32FN3O3.HI/c1-6-25-22(27-15-23(2,3)17-8-7-9-18(24)13-17)26-14-19(28)16-10-11-20(29-4)21(12-16)30-5;/h7-13,19,28H,6,14-15H2,1-5H3,(H2,25,26,27);1H. The van der Waals surface area contributed by atoms with Gasteiger partial charge < -0.3 is 25.2 Å². The van der Waals surface area contributed by atoms with Gasteiger partial charge in [0, 0.05) is 18.5 Å². The summed E-state index contributed by atoms with van der Waals surface area (Å²) in [6.07, 6.45) is -0.759. The number of nitrogens with zero attached hydrogens (tertiary/aromatic N) is 1. The summed E-state index contributed by atoms with van der Waals surface area (Å²) in [7, 11) is 3.13. The van der Waals surface area contributed by atoms with E-state index in [2.05, 4.69) is 15.6 Å². The maximum Gasteiger partial charge on any atom is 0.191 e. The van der Waals surface area contributed by atoms with Gasteiger partial charge in [-0.2, -0.15) is 0 Å². The molecule has 0 radical (unpaired) electrons. The predicted molar refractivity (Wildman–Crippen MR) is 133 cm³/mol. The Hall–Kier alpha value is -2.07. The average Bonchev–Trinajstić information content (AvgIpc) is 2.74. The van der Waals surface area contributed by atoms with Crippen molar-refractivity contribution in [2.24, 2.45) is 4.99 Å². The largest absolute Gasteiger partial charge is 0.493 e. The van der Waals surface area contributed by atoms with Gasteiger partial charge in [-0.05, 0) is 42.3 Å². The number of aliphatic hydroxyl groups is 1. The fourth-order valence-electron chi connectivity index (χ4n) is 2.99. The van der Waals surface area contributed by atoms with Gasteiger partial charge in [-0.3, -0.25) is 4.99 Å². The molecule has 3 N–H and O–H groups in total. The van der Waals surface area contributed by atoms with Crippen molar-refractivity contribution < 1.29 is 19.0 Å². The van der Waals surface area contributed by atoms with Crippen LogP contribution in [0.3, 0.4) is 0 Å². The quantitative estimate of drug-likeness (QED) is 0.252. The van der Waals surface area contributed by atoms with E-state index < -0.39 is 6.10 Å². The van der Waals surface area contributed by atoms with Gasteiger partial charge in [-0.1, -0.05) is 32.0 Å². The minimum atomic E-state index is -0.759. The first-order chi connectivity index (χ1) is 14.3. The molecule has 172 valence electrons. The van der Waals surface area contributed by atoms with Crippen LogP contribution in [0, 0.1) is 5.82 Å². The lowest BCUT2D eigenvalue weighted by atomic mass is 9.85. The Morgan fingerprint density at radius 1 is 1.10 bits per heavy atom. The van der Waals surface area contributed by atoms with Crippen molar-refractivity contribution >= 4 is 29.9 Å². The van der Waals surface area contributed by atoms with E-state index in [1.54, 1.807) is 38.5 Å². The molecule has 0 saturated carbocycles. The normalized spacial score (nSPS) is 12.5. The molecule has 0 aliphatic rings. The second-order valence-corrected chi connectivity index (χ2v) is 7.60. The van der Waals surface area contributed by atoms with Crippen LogP contribution < -0.4 is 20.1 Å². The fourth-order valence-corrected chi connectivity index (χ4v) is 2.99. The molecule has 0 saturated heterocycles. The molecule has 31 heavy (non-hydrogen) atoms. The summed E-state index contributed by atoms with van der Waals surface area (Å²) in [6, 6.07) is 11.9. The van der Waals surface area contributed by atoms with Crippen molar-refractivity contribution in [3.8, 4) is 11.5 Å². The van der Waals surface area contributed by atoms with E-state index >= 15 is 0 Å². The highest BCUT2D eigenvalue weighted by Gasteiger charge is 2.21. The number of aliphatic imine (C=N–C) groups is 1. The van der Waals surface area contributed by atoms with Crippen LogP contribution in [-0.2, 0) is 5.41 Å². The molecule has 1 atom stereocenters. The van der Waals surface area contributed by atoms with Gasteiger partial charge in [0.1, 0.15) is 5.82 Å². The van der Waals surface area contributed by atoms with Crippen molar-refractivity contribution in [1.29, 1.82) is 0 Å². The van der Waals surface area contributed by atoms with Crippen LogP contribution in [-0.4, -0.2) is 44.9 Å². The van der Waals surface area contributed by atoms with Crippen LogP contribution in [0.25, 0.3) is 0 Å². The summed E-state index contributed by atoms with van der Waals surface area (Å²) in [5.74, 6) is 1.50. The van der Waals surface area contributed by atoms with Gasteiger partial charge in [-0.25, -0.2) is 4.39 Å². The third-order valence-corrected chi connectivity index (χ3v) is 4.84. The Labute approximate surface area is 201 Å². The van der Waals surface area contributed by atoms with Crippen LogP contribution >= 0.6 is 24.0 Å². The smallest absolute Gasteiger partial charge is 0.191 e. The number of hydrogen-bond acceptors (Lipinski definition) is 4. The molecular weight excluding hydrogens is 512 g/mol. The molecule has 1 unspecified atom stereocenters. The third kappa shape index (κ3) is 7.84. The predicted octanol–water partition coefficient (Wildman–Crippen LogP) is 4.03. The summed E-state index contributed by atoms with van der Waals surface area (Å²) in [5.41, 5.74) is 1.25. The van der Waals surface area contributed by atoms with Crippen LogP contribution in [0.5, 0.6) is 11.5 Å². The third-order valence-electron chi connectivity index (χ3n) is 4.84. The molecule has 0 fully saturated rings. The number of halogens is 2. The first-order valence-electron chi connectivity index (χ1n) is 9.99. The Kier molecular flexibility index (Phi) is 11.1. The molecule has 0 aliphatic heterocycles. The number of methoxy groups -OCH3 is 2. The molecule has 2 aromatic rings. The molecule has 6 nitrogen and oxygen atoms in total. The van der Waals surface area contributed by atoms with Crippen LogP contribution in [0.2, 0.25) is 0 Å². The lowest BCUT2D eigenvalue weighted by Gasteiger charge is -2.24. The number of guanidine groups is 1. The highest BCUT2D eigenvalue weighted by molar-refractivity contribution is 14.0. The number of hydrogen-bond donors (Lipinski definition) is 3. The second kappa shape index (κ2) is 12.7. The summed E-state index contributed by atoms with van der Waals surface area (Å²) in [6.45, 7) is 7.42. The monoisotopic (exact) mass is 545 g/mol. The molecule has 2 aromatic carbocycles. The number of nitrogens with one attached hydrogen (secondary N) is 2. The van der Waals surface area contributed by atoms with E-state index in [9.17, 15) is 9.50 Å². The Morgan fingerprint density at radius 3 is 2.42 bits per heavy atom. The van der Waals surface area contributed by atoms with Crippen LogP contribution in [0.15, 0.2) is 47.5 Å². The topological polar surface area (TPSA) is 75.1 Å². The maximum absolute atomic E-state index is 13.6. The molecule has 0 aromatic heterocycles. The fraction of sp³-hybridized carbons (Fsp3) is 0.435. The second-order valence-electron chi connectivity index (χ2n) is 7.60. The van der Waals surface area contributed by atoms with Gasteiger partial charge in [-0.15, -0.1) is 24.0 Å². The van der Waals surface area contributed by atoms with E-state index in [4.69, 9.17) is 9.47 Å². The number of aliphatic hydroxyl groups excluding tert-OH is 1. The zero-order valence-electron chi connectivity index (χ0n) is 18.7. The zero-order valence-corrected chi connectivity index (χ0v) is 21.1. The molecule has 0 bridgehead atoms. The van der Waals surface area contributed by atoms with Crippen LogP contribution in [0.1, 0.15) is 38.0 Å². The van der Waals surface area contributed by atoms with Gasteiger partial charge in [0.25, 0.3) is 0 Å². The number of rotatable bonds is 9. The molecule has 0 spiro atoms. The first kappa shape index (κ1) is 27.0. The lowest BCUT2D eigenvalue weighted by molar-refractivity contribution is 0.180. The maximum atomic E-state index is 13.6. The molecular formula is C23H33FIN3O3. The van der Waals surface area contributed by atoms with E-state index in [1.807, 2.05) is 26.8 Å². The van der Waals surface area contributed by atoms with E-state index in [0.29, 0.717) is 36.1 Å². The molecule has 2 rings (SSSR count). The van der Waals surface area contributed by atoms with Crippen molar-refractivity contribution in [3.05, 3.63) is 59.4 Å². The highest BCUT2D eigenvalue weighted by Crippen LogP contribution is 2.29. The van der Waals surface area contributed by atoms with Gasteiger partial charge in [0.2, 0.25) is 0 Å². The van der Waals surface area contributed by atoms with Gasteiger partial charge in [0.05, 0.1) is 26.9 Å². The van der Waals surface area contributed by atoms with E-state index in [0.717, 1.165) is 5.56 Å². The first-order valence-corrected chi connectivity index (χ1v) is 9.99. The van der Waals surface area contributed by atoms with Crippen molar-refractivity contribution in [2.45, 2.75) is 32.3 Å². The van der Waals surface area contributed by atoms with E-state index in [-0.39, 0.29) is 41.8 Å². The minimum Gasteiger partial charge on any atom is -0.493 e. The highest BCUT2D eigenvalue weighted by atomic mass is 127. The van der Waals surface area contributed by atoms with E-state index in [1.165, 1.54) is 12.1 Å². The Balaban J connectivity index is 0.00000480. The molecule has 8 heteroatoms. The van der Waals surface area contributed by atoms with Gasteiger partial charge >= 0.3 is 0 Å². The Morgan fingerprint density at radius 2 is 1.81 bits per heavy atom.